The van der Waals surface area contributed by atoms with Gasteiger partial charge in [-0.1, -0.05) is 26.0 Å². The lowest BCUT2D eigenvalue weighted by molar-refractivity contribution is -0.122. The average molecular weight is 413 g/mol. The van der Waals surface area contributed by atoms with Crippen LogP contribution < -0.4 is 15.0 Å². The standard InChI is InChI=1S/C23H28N2O3S/c1-5-16(3)29-18-10-11-19(15(2)12-18)24-23(27)17-13-22(26)25(14-17)20-8-6-7-9-21(20)28-4/h6-12,16-17H,5,13-14H2,1-4H3,(H,24,27). The third-order valence-corrected chi connectivity index (χ3v) is 6.50. The third-order valence-electron chi connectivity index (χ3n) is 5.24. The highest BCUT2D eigenvalue weighted by atomic mass is 32.2. The number of methoxy groups -OCH3 is 1. The van der Waals surface area contributed by atoms with E-state index in [1.54, 1.807) is 12.0 Å². The molecule has 0 saturated carbocycles. The smallest absolute Gasteiger partial charge is 0.229 e. The minimum absolute atomic E-state index is 0.0633. The van der Waals surface area contributed by atoms with Crippen molar-refractivity contribution in [1.29, 1.82) is 0 Å². The van der Waals surface area contributed by atoms with Crippen LogP contribution in [0.2, 0.25) is 0 Å². The van der Waals surface area contributed by atoms with Crippen LogP contribution in [0.25, 0.3) is 0 Å². The summed E-state index contributed by atoms with van der Waals surface area (Å²) in [4.78, 5) is 28.2. The summed E-state index contributed by atoms with van der Waals surface area (Å²) in [5, 5.41) is 3.57. The van der Waals surface area contributed by atoms with Gasteiger partial charge in [0, 0.05) is 28.8 Å². The molecule has 1 heterocycles. The first-order valence-electron chi connectivity index (χ1n) is 9.94. The molecule has 2 atom stereocenters. The molecule has 1 fully saturated rings. The van der Waals surface area contributed by atoms with Gasteiger partial charge in [0.15, 0.2) is 0 Å². The lowest BCUT2D eigenvalue weighted by Crippen LogP contribution is -2.28. The molecular weight excluding hydrogens is 384 g/mol. The third kappa shape index (κ3) is 4.93. The number of carbonyl (C=O) groups excluding carboxylic acids is 2. The van der Waals surface area contributed by atoms with E-state index in [9.17, 15) is 9.59 Å². The summed E-state index contributed by atoms with van der Waals surface area (Å²) < 4.78 is 5.36. The summed E-state index contributed by atoms with van der Waals surface area (Å²) in [6, 6.07) is 13.5. The van der Waals surface area contributed by atoms with Gasteiger partial charge in [-0.25, -0.2) is 0 Å². The first kappa shape index (κ1) is 21.2. The van der Waals surface area contributed by atoms with Crippen LogP contribution in [0.3, 0.4) is 0 Å². The second-order valence-electron chi connectivity index (χ2n) is 7.38. The Morgan fingerprint density at radius 3 is 2.76 bits per heavy atom. The predicted octanol–water partition coefficient (Wildman–Crippen LogP) is 4.89. The fourth-order valence-electron chi connectivity index (χ4n) is 3.37. The van der Waals surface area contributed by atoms with E-state index in [-0.39, 0.29) is 24.2 Å². The van der Waals surface area contributed by atoms with Crippen molar-refractivity contribution >= 4 is 35.0 Å². The van der Waals surface area contributed by atoms with Crippen molar-refractivity contribution in [3.05, 3.63) is 48.0 Å². The molecule has 0 radical (unpaired) electrons. The zero-order chi connectivity index (χ0) is 21.0. The number of thioether (sulfide) groups is 1. The van der Waals surface area contributed by atoms with Crippen molar-refractivity contribution in [3.8, 4) is 5.75 Å². The van der Waals surface area contributed by atoms with Gasteiger partial charge in [-0.15, -0.1) is 11.8 Å². The van der Waals surface area contributed by atoms with Gasteiger partial charge in [0.25, 0.3) is 0 Å². The predicted molar refractivity (Wildman–Crippen MR) is 119 cm³/mol. The summed E-state index contributed by atoms with van der Waals surface area (Å²) in [6.45, 7) is 6.74. The number of hydrogen-bond acceptors (Lipinski definition) is 4. The van der Waals surface area contributed by atoms with Gasteiger partial charge in [0.05, 0.1) is 18.7 Å². The maximum Gasteiger partial charge on any atom is 0.229 e. The van der Waals surface area contributed by atoms with E-state index in [1.807, 2.05) is 55.1 Å². The maximum atomic E-state index is 12.8. The number of benzene rings is 2. The van der Waals surface area contributed by atoms with E-state index >= 15 is 0 Å². The minimum Gasteiger partial charge on any atom is -0.495 e. The molecule has 0 aromatic heterocycles. The lowest BCUT2D eigenvalue weighted by atomic mass is 10.1. The molecule has 154 valence electrons. The molecule has 2 aromatic rings. The molecule has 3 rings (SSSR count). The summed E-state index contributed by atoms with van der Waals surface area (Å²) in [7, 11) is 1.58. The zero-order valence-electron chi connectivity index (χ0n) is 17.4. The maximum absolute atomic E-state index is 12.8. The highest BCUT2D eigenvalue weighted by Crippen LogP contribution is 2.33. The first-order valence-corrected chi connectivity index (χ1v) is 10.8. The summed E-state index contributed by atoms with van der Waals surface area (Å²) >= 11 is 1.84. The Hall–Kier alpha value is -2.47. The van der Waals surface area contributed by atoms with E-state index in [1.165, 1.54) is 4.90 Å². The molecule has 1 N–H and O–H groups in total. The molecule has 0 bridgehead atoms. The normalized spacial score (nSPS) is 17.3. The highest BCUT2D eigenvalue weighted by molar-refractivity contribution is 7.99. The molecule has 0 aliphatic carbocycles. The van der Waals surface area contributed by atoms with Gasteiger partial charge in [-0.05, 0) is 49.2 Å². The summed E-state index contributed by atoms with van der Waals surface area (Å²) in [6.07, 6.45) is 1.31. The number of nitrogens with zero attached hydrogens (tertiary/aromatic N) is 1. The van der Waals surface area contributed by atoms with E-state index in [0.29, 0.717) is 23.2 Å². The number of anilines is 2. The fourth-order valence-corrected chi connectivity index (χ4v) is 4.39. The van der Waals surface area contributed by atoms with Crippen LogP contribution in [0.4, 0.5) is 11.4 Å². The molecule has 2 unspecified atom stereocenters. The fraction of sp³-hybridized carbons (Fsp3) is 0.391. The Kier molecular flexibility index (Phi) is 6.85. The molecule has 29 heavy (non-hydrogen) atoms. The molecule has 6 heteroatoms. The average Bonchev–Trinajstić information content (AvgIpc) is 3.11. The van der Waals surface area contributed by atoms with Gasteiger partial charge in [-0.2, -0.15) is 0 Å². The van der Waals surface area contributed by atoms with Crippen molar-refractivity contribution in [2.75, 3.05) is 23.9 Å². The number of aryl methyl sites for hydroxylation is 1. The first-order chi connectivity index (χ1) is 13.9. The Labute approximate surface area is 176 Å². The minimum atomic E-state index is -0.388. The molecule has 1 saturated heterocycles. The van der Waals surface area contributed by atoms with Crippen molar-refractivity contribution in [2.24, 2.45) is 5.92 Å². The van der Waals surface area contributed by atoms with Crippen molar-refractivity contribution in [3.63, 3.8) is 0 Å². The number of rotatable bonds is 7. The van der Waals surface area contributed by atoms with Crippen molar-refractivity contribution < 1.29 is 14.3 Å². The van der Waals surface area contributed by atoms with E-state index in [0.717, 1.165) is 17.7 Å². The van der Waals surface area contributed by atoms with Crippen molar-refractivity contribution in [1.82, 2.24) is 0 Å². The van der Waals surface area contributed by atoms with Gasteiger partial charge in [0.1, 0.15) is 5.75 Å². The van der Waals surface area contributed by atoms with Crippen LogP contribution in [0.15, 0.2) is 47.4 Å². The van der Waals surface area contributed by atoms with Gasteiger partial charge in [-0.3, -0.25) is 9.59 Å². The molecule has 2 amide bonds. The molecule has 2 aromatic carbocycles. The Morgan fingerprint density at radius 1 is 1.31 bits per heavy atom. The SMILES string of the molecule is CCC(C)Sc1ccc(NC(=O)C2CC(=O)N(c3ccccc3OC)C2)c(C)c1. The molecule has 1 aliphatic rings. The molecular formula is C23H28N2O3S. The summed E-state index contributed by atoms with van der Waals surface area (Å²) in [5.41, 5.74) is 2.53. The van der Waals surface area contributed by atoms with Crippen LogP contribution in [-0.2, 0) is 9.59 Å². The summed E-state index contributed by atoms with van der Waals surface area (Å²) in [5.74, 6) is 0.0565. The Balaban J connectivity index is 1.68. The highest BCUT2D eigenvalue weighted by Gasteiger charge is 2.36. The zero-order valence-corrected chi connectivity index (χ0v) is 18.2. The second kappa shape index (κ2) is 9.35. The van der Waals surface area contributed by atoms with E-state index in [2.05, 4.69) is 25.2 Å². The van der Waals surface area contributed by atoms with Crippen LogP contribution in [0, 0.1) is 12.8 Å². The van der Waals surface area contributed by atoms with Crippen LogP contribution in [0.1, 0.15) is 32.3 Å². The molecule has 0 spiro atoms. The molecule has 5 nitrogen and oxygen atoms in total. The van der Waals surface area contributed by atoms with Crippen LogP contribution >= 0.6 is 11.8 Å². The number of hydrogen-bond donors (Lipinski definition) is 1. The largest absolute Gasteiger partial charge is 0.495 e. The van der Waals surface area contributed by atoms with Gasteiger partial charge in [0.2, 0.25) is 11.8 Å². The number of amides is 2. The van der Waals surface area contributed by atoms with Crippen LogP contribution in [-0.4, -0.2) is 30.7 Å². The van der Waals surface area contributed by atoms with Crippen molar-refractivity contribution in [2.45, 2.75) is 43.8 Å². The Bertz CT molecular complexity index is 899. The number of carbonyl (C=O) groups is 2. The lowest BCUT2D eigenvalue weighted by Gasteiger charge is -2.19. The number of para-hydroxylation sites is 2. The second-order valence-corrected chi connectivity index (χ2v) is 8.89. The quantitative estimate of drug-likeness (QED) is 0.658. The van der Waals surface area contributed by atoms with Crippen LogP contribution in [0.5, 0.6) is 5.75 Å². The number of ether oxygens (including phenoxy) is 1. The van der Waals surface area contributed by atoms with E-state index < -0.39 is 0 Å². The Morgan fingerprint density at radius 2 is 2.07 bits per heavy atom. The van der Waals surface area contributed by atoms with Gasteiger partial charge < -0.3 is 15.0 Å². The topological polar surface area (TPSA) is 58.6 Å². The monoisotopic (exact) mass is 412 g/mol. The van der Waals surface area contributed by atoms with Gasteiger partial charge >= 0.3 is 0 Å². The number of nitrogens with one attached hydrogen (secondary N) is 1. The molecule has 1 aliphatic heterocycles. The van der Waals surface area contributed by atoms with E-state index in [4.69, 9.17) is 4.74 Å².